The van der Waals surface area contributed by atoms with Gasteiger partial charge in [-0.15, -0.1) is 0 Å². The van der Waals surface area contributed by atoms with Gasteiger partial charge in [0.2, 0.25) is 0 Å². The molecule has 1 amide bonds. The molecule has 0 radical (unpaired) electrons. The van der Waals surface area contributed by atoms with Crippen LogP contribution >= 0.6 is 0 Å². The Hall–Kier alpha value is -2.89. The number of nitrogens with zero attached hydrogens (tertiary/aromatic N) is 3. The zero-order valence-corrected chi connectivity index (χ0v) is 12.6. The zero-order chi connectivity index (χ0) is 15.7. The van der Waals surface area contributed by atoms with Crippen molar-refractivity contribution >= 4 is 17.4 Å². The van der Waals surface area contributed by atoms with Gasteiger partial charge in [-0.1, -0.05) is 6.07 Å². The Balaban J connectivity index is 2.05. The Morgan fingerprint density at radius 3 is 2.82 bits per heavy atom. The Kier molecular flexibility index (Phi) is 3.50. The second-order valence-electron chi connectivity index (χ2n) is 4.94. The van der Waals surface area contributed by atoms with Gasteiger partial charge in [0.1, 0.15) is 11.5 Å². The van der Waals surface area contributed by atoms with Crippen molar-refractivity contribution in [2.45, 2.75) is 13.8 Å². The fraction of sp³-hybridized carbons (Fsp3) is 0.188. The Labute approximate surface area is 127 Å². The molecule has 0 aliphatic heterocycles. The number of hydrogen-bond donors (Lipinski definition) is 1. The van der Waals surface area contributed by atoms with E-state index in [1.54, 1.807) is 30.8 Å². The van der Waals surface area contributed by atoms with Gasteiger partial charge in [-0.05, 0) is 37.6 Å². The van der Waals surface area contributed by atoms with Gasteiger partial charge in [0.15, 0.2) is 11.4 Å². The molecule has 6 nitrogen and oxygen atoms in total. The van der Waals surface area contributed by atoms with E-state index in [4.69, 9.17) is 4.74 Å². The minimum absolute atomic E-state index is 0.250. The lowest BCUT2D eigenvalue weighted by atomic mass is 10.2. The molecule has 0 spiro atoms. The first-order valence-electron chi connectivity index (χ1n) is 6.86. The third kappa shape index (κ3) is 2.28. The van der Waals surface area contributed by atoms with Crippen LogP contribution in [0.2, 0.25) is 0 Å². The van der Waals surface area contributed by atoms with Crippen LogP contribution in [0.1, 0.15) is 21.7 Å². The summed E-state index contributed by atoms with van der Waals surface area (Å²) >= 11 is 0. The molecular formula is C16H16N4O2. The molecule has 0 atom stereocenters. The number of aromatic nitrogens is 3. The Morgan fingerprint density at radius 1 is 1.27 bits per heavy atom. The molecule has 0 fully saturated rings. The Morgan fingerprint density at radius 2 is 2.09 bits per heavy atom. The lowest BCUT2D eigenvalue weighted by Gasteiger charge is -2.08. The third-order valence-corrected chi connectivity index (χ3v) is 3.46. The number of methoxy groups -OCH3 is 1. The van der Waals surface area contributed by atoms with Crippen molar-refractivity contribution in [3.05, 3.63) is 53.6 Å². The Bertz CT molecular complexity index is 854. The summed E-state index contributed by atoms with van der Waals surface area (Å²) in [5.41, 5.74) is 2.62. The van der Waals surface area contributed by atoms with Gasteiger partial charge in [0, 0.05) is 12.4 Å². The molecule has 3 aromatic rings. The van der Waals surface area contributed by atoms with Crippen molar-refractivity contribution in [1.82, 2.24) is 14.4 Å². The van der Waals surface area contributed by atoms with Crippen LogP contribution in [0.4, 0.5) is 5.82 Å². The number of nitrogens with one attached hydrogen (secondary N) is 1. The second kappa shape index (κ2) is 5.48. The van der Waals surface area contributed by atoms with Crippen molar-refractivity contribution in [3.63, 3.8) is 0 Å². The van der Waals surface area contributed by atoms with Gasteiger partial charge >= 0.3 is 0 Å². The molecule has 0 unspecified atom stereocenters. The van der Waals surface area contributed by atoms with E-state index in [0.29, 0.717) is 28.6 Å². The van der Waals surface area contributed by atoms with E-state index in [-0.39, 0.29) is 5.91 Å². The summed E-state index contributed by atoms with van der Waals surface area (Å²) < 4.78 is 7.01. The van der Waals surface area contributed by atoms with Crippen LogP contribution in [0.3, 0.4) is 0 Å². The average Bonchev–Trinajstić information content (AvgIpc) is 2.85. The number of amides is 1. The van der Waals surface area contributed by atoms with Crippen LogP contribution in [0.15, 0.2) is 36.7 Å². The first kappa shape index (κ1) is 14.1. The highest BCUT2D eigenvalue weighted by Gasteiger charge is 2.19. The minimum atomic E-state index is -0.250. The van der Waals surface area contributed by atoms with Gasteiger partial charge in [-0.3, -0.25) is 9.20 Å². The highest BCUT2D eigenvalue weighted by molar-refractivity contribution is 6.04. The average molecular weight is 296 g/mol. The summed E-state index contributed by atoms with van der Waals surface area (Å²) in [6.45, 7) is 3.69. The van der Waals surface area contributed by atoms with Crippen LogP contribution in [0.25, 0.3) is 5.65 Å². The SMILES string of the molecule is COc1cccn2c(C(=O)Nc3ncccc3C)c(C)nc12. The van der Waals surface area contributed by atoms with Crippen molar-refractivity contribution in [2.24, 2.45) is 0 Å². The van der Waals surface area contributed by atoms with Crippen molar-refractivity contribution in [2.75, 3.05) is 12.4 Å². The number of carbonyl (C=O) groups is 1. The summed E-state index contributed by atoms with van der Waals surface area (Å²) in [7, 11) is 1.58. The maximum atomic E-state index is 12.6. The van der Waals surface area contributed by atoms with Gasteiger partial charge in [-0.2, -0.15) is 0 Å². The number of pyridine rings is 2. The monoisotopic (exact) mass is 296 g/mol. The molecule has 22 heavy (non-hydrogen) atoms. The number of rotatable bonds is 3. The third-order valence-electron chi connectivity index (χ3n) is 3.46. The normalized spacial score (nSPS) is 10.7. The molecule has 1 N–H and O–H groups in total. The number of fused-ring (bicyclic) bond motifs is 1. The highest BCUT2D eigenvalue weighted by Crippen LogP contribution is 2.22. The van der Waals surface area contributed by atoms with Crippen LogP contribution < -0.4 is 10.1 Å². The molecule has 0 aliphatic rings. The molecule has 0 aromatic carbocycles. The van der Waals surface area contributed by atoms with E-state index in [1.807, 2.05) is 31.2 Å². The fourth-order valence-electron chi connectivity index (χ4n) is 2.37. The number of carbonyl (C=O) groups excluding carboxylic acids is 1. The topological polar surface area (TPSA) is 68.5 Å². The number of anilines is 1. The maximum absolute atomic E-state index is 12.6. The van der Waals surface area contributed by atoms with Crippen molar-refractivity contribution < 1.29 is 9.53 Å². The predicted molar refractivity (Wildman–Crippen MR) is 83.4 cm³/mol. The van der Waals surface area contributed by atoms with Gasteiger partial charge < -0.3 is 10.1 Å². The van der Waals surface area contributed by atoms with Crippen molar-refractivity contribution in [1.29, 1.82) is 0 Å². The smallest absolute Gasteiger partial charge is 0.275 e. The van der Waals surface area contributed by atoms with E-state index < -0.39 is 0 Å². The molecule has 0 saturated carbocycles. The summed E-state index contributed by atoms with van der Waals surface area (Å²) in [6.07, 6.45) is 3.44. The first-order valence-corrected chi connectivity index (χ1v) is 6.86. The minimum Gasteiger partial charge on any atom is -0.493 e. The van der Waals surface area contributed by atoms with Gasteiger partial charge in [0.25, 0.3) is 5.91 Å². The first-order chi connectivity index (χ1) is 10.6. The summed E-state index contributed by atoms with van der Waals surface area (Å²) in [6, 6.07) is 7.35. The second-order valence-corrected chi connectivity index (χ2v) is 4.94. The molecule has 0 saturated heterocycles. The lowest BCUT2D eigenvalue weighted by Crippen LogP contribution is -2.17. The zero-order valence-electron chi connectivity index (χ0n) is 12.6. The molecular weight excluding hydrogens is 280 g/mol. The van der Waals surface area contributed by atoms with Crippen LogP contribution in [0.5, 0.6) is 5.75 Å². The van der Waals surface area contributed by atoms with Crippen LogP contribution in [0, 0.1) is 13.8 Å². The van der Waals surface area contributed by atoms with E-state index in [1.165, 1.54) is 0 Å². The van der Waals surface area contributed by atoms with E-state index >= 15 is 0 Å². The maximum Gasteiger partial charge on any atom is 0.275 e. The number of imidazole rings is 1. The number of hydrogen-bond acceptors (Lipinski definition) is 4. The summed E-state index contributed by atoms with van der Waals surface area (Å²) in [5, 5.41) is 2.83. The fourth-order valence-corrected chi connectivity index (χ4v) is 2.37. The van der Waals surface area contributed by atoms with E-state index in [0.717, 1.165) is 5.56 Å². The molecule has 6 heteroatoms. The highest BCUT2D eigenvalue weighted by atomic mass is 16.5. The molecule has 3 aromatic heterocycles. The summed E-state index contributed by atoms with van der Waals surface area (Å²) in [4.78, 5) is 21.2. The van der Waals surface area contributed by atoms with Gasteiger partial charge in [0.05, 0.1) is 12.8 Å². The number of ether oxygens (including phenoxy) is 1. The molecule has 0 bridgehead atoms. The largest absolute Gasteiger partial charge is 0.493 e. The van der Waals surface area contributed by atoms with Crippen molar-refractivity contribution in [3.8, 4) is 5.75 Å². The van der Waals surface area contributed by atoms with Crippen LogP contribution in [-0.2, 0) is 0 Å². The molecule has 112 valence electrons. The standard InChI is InChI=1S/C16H16N4O2/c1-10-6-4-8-17-14(10)19-16(21)13-11(2)18-15-12(22-3)7-5-9-20(13)15/h4-9H,1-3H3,(H,17,19,21). The quantitative estimate of drug-likeness (QED) is 0.806. The van der Waals surface area contributed by atoms with E-state index in [9.17, 15) is 4.79 Å². The molecule has 3 heterocycles. The number of aryl methyl sites for hydroxylation is 2. The van der Waals surface area contributed by atoms with Crippen LogP contribution in [-0.4, -0.2) is 27.4 Å². The molecule has 3 rings (SSSR count). The van der Waals surface area contributed by atoms with Gasteiger partial charge in [-0.25, -0.2) is 9.97 Å². The predicted octanol–water partition coefficient (Wildman–Crippen LogP) is 2.61. The van der Waals surface area contributed by atoms with E-state index in [2.05, 4.69) is 15.3 Å². The molecule has 0 aliphatic carbocycles. The summed E-state index contributed by atoms with van der Waals surface area (Å²) in [5.74, 6) is 0.920. The lowest BCUT2D eigenvalue weighted by molar-refractivity contribution is 0.102.